The van der Waals surface area contributed by atoms with E-state index in [1.165, 1.54) is 34.0 Å². The van der Waals surface area contributed by atoms with Crippen LogP contribution in [0.4, 0.5) is 4.39 Å². The van der Waals surface area contributed by atoms with Gasteiger partial charge >= 0.3 is 5.97 Å². The number of carboxylic acid groups (broad SMARTS) is 1. The normalized spacial score (nSPS) is 20.0. The Morgan fingerprint density at radius 3 is 2.68 bits per heavy atom. The molecule has 8 heteroatoms. The SMILES string of the molecule is Cc1cc(F)ccc1-n1cc(O)c(C(=O)N2CCC(C)(C(=O)O)C2)n1. The Bertz CT molecular complexity index is 864. The van der Waals surface area contributed by atoms with E-state index in [4.69, 9.17) is 0 Å². The number of aliphatic carboxylic acids is 1. The smallest absolute Gasteiger partial charge is 0.311 e. The molecule has 0 bridgehead atoms. The molecule has 0 spiro atoms. The minimum Gasteiger partial charge on any atom is -0.504 e. The molecule has 1 aliphatic rings. The molecule has 132 valence electrons. The fraction of sp³-hybridized carbons (Fsp3) is 0.353. The van der Waals surface area contributed by atoms with Crippen LogP contribution in [0.2, 0.25) is 0 Å². The average molecular weight is 347 g/mol. The first-order valence-corrected chi connectivity index (χ1v) is 7.79. The van der Waals surface area contributed by atoms with Crippen molar-refractivity contribution < 1.29 is 24.2 Å². The maximum Gasteiger partial charge on any atom is 0.311 e. The Morgan fingerprint density at radius 1 is 1.36 bits per heavy atom. The predicted octanol–water partition coefficient (Wildman–Crippen LogP) is 1.96. The van der Waals surface area contributed by atoms with E-state index in [2.05, 4.69) is 5.10 Å². The van der Waals surface area contributed by atoms with Crippen molar-refractivity contribution in [2.75, 3.05) is 13.1 Å². The second-order valence-electron chi connectivity index (χ2n) is 6.58. The molecule has 0 radical (unpaired) electrons. The molecule has 0 saturated carbocycles. The van der Waals surface area contributed by atoms with Gasteiger partial charge in [0.2, 0.25) is 0 Å². The number of carboxylic acids is 1. The predicted molar refractivity (Wildman–Crippen MR) is 86.2 cm³/mol. The van der Waals surface area contributed by atoms with Gasteiger partial charge in [-0.1, -0.05) is 0 Å². The van der Waals surface area contributed by atoms with Crippen LogP contribution in [0.1, 0.15) is 29.4 Å². The van der Waals surface area contributed by atoms with Gasteiger partial charge < -0.3 is 15.1 Å². The summed E-state index contributed by atoms with van der Waals surface area (Å²) in [7, 11) is 0. The first-order valence-electron chi connectivity index (χ1n) is 7.79. The molecule has 2 heterocycles. The van der Waals surface area contributed by atoms with E-state index in [0.717, 1.165) is 0 Å². The number of halogens is 1. The van der Waals surface area contributed by atoms with Crippen molar-refractivity contribution in [3.8, 4) is 11.4 Å². The molecule has 1 amide bonds. The van der Waals surface area contributed by atoms with Crippen molar-refractivity contribution in [1.82, 2.24) is 14.7 Å². The fourth-order valence-electron chi connectivity index (χ4n) is 2.98. The number of likely N-dealkylation sites (tertiary alicyclic amines) is 1. The lowest BCUT2D eigenvalue weighted by atomic mass is 9.90. The maximum absolute atomic E-state index is 13.2. The van der Waals surface area contributed by atoms with Crippen molar-refractivity contribution in [2.45, 2.75) is 20.3 Å². The van der Waals surface area contributed by atoms with E-state index in [1.807, 2.05) is 0 Å². The Kier molecular flexibility index (Phi) is 3.98. The summed E-state index contributed by atoms with van der Waals surface area (Å²) in [4.78, 5) is 25.3. The van der Waals surface area contributed by atoms with Crippen LogP contribution in [-0.2, 0) is 4.79 Å². The van der Waals surface area contributed by atoms with Crippen LogP contribution in [0, 0.1) is 18.2 Å². The summed E-state index contributed by atoms with van der Waals surface area (Å²) in [5, 5.41) is 23.5. The van der Waals surface area contributed by atoms with Crippen LogP contribution in [0.15, 0.2) is 24.4 Å². The molecule has 1 unspecified atom stereocenters. The van der Waals surface area contributed by atoms with E-state index in [0.29, 0.717) is 17.7 Å². The number of amides is 1. The molecule has 1 aliphatic heterocycles. The van der Waals surface area contributed by atoms with Crippen LogP contribution < -0.4 is 0 Å². The van der Waals surface area contributed by atoms with Gasteiger partial charge in [-0.25, -0.2) is 9.07 Å². The highest BCUT2D eigenvalue weighted by Gasteiger charge is 2.43. The van der Waals surface area contributed by atoms with E-state index < -0.39 is 17.3 Å². The van der Waals surface area contributed by atoms with Gasteiger partial charge in [0.05, 0.1) is 17.3 Å². The quantitative estimate of drug-likeness (QED) is 0.885. The second kappa shape index (κ2) is 5.87. The van der Waals surface area contributed by atoms with Crippen molar-refractivity contribution >= 4 is 11.9 Å². The number of rotatable bonds is 3. The number of aryl methyl sites for hydroxylation is 1. The summed E-state index contributed by atoms with van der Waals surface area (Å²) in [6.45, 7) is 3.62. The highest BCUT2D eigenvalue weighted by Crippen LogP contribution is 2.32. The Balaban J connectivity index is 1.88. The van der Waals surface area contributed by atoms with E-state index in [-0.39, 0.29) is 30.4 Å². The third-order valence-electron chi connectivity index (χ3n) is 4.58. The van der Waals surface area contributed by atoms with Crippen LogP contribution in [0.3, 0.4) is 0 Å². The largest absolute Gasteiger partial charge is 0.504 e. The molecule has 25 heavy (non-hydrogen) atoms. The summed E-state index contributed by atoms with van der Waals surface area (Å²) in [6, 6.07) is 4.10. The molecule has 0 aliphatic carbocycles. The van der Waals surface area contributed by atoms with Crippen LogP contribution in [0.5, 0.6) is 5.75 Å². The number of carbonyl (C=O) groups excluding carboxylic acids is 1. The first-order chi connectivity index (χ1) is 11.7. The van der Waals surface area contributed by atoms with Gasteiger partial charge in [0, 0.05) is 13.1 Å². The van der Waals surface area contributed by atoms with E-state index in [1.54, 1.807) is 13.8 Å². The number of hydrogen-bond donors (Lipinski definition) is 2. The summed E-state index contributed by atoms with van der Waals surface area (Å²) >= 11 is 0. The topological polar surface area (TPSA) is 95.7 Å². The number of hydrogen-bond acceptors (Lipinski definition) is 4. The van der Waals surface area contributed by atoms with Gasteiger partial charge in [-0.15, -0.1) is 0 Å². The lowest BCUT2D eigenvalue weighted by Crippen LogP contribution is -2.35. The van der Waals surface area contributed by atoms with Crippen LogP contribution >= 0.6 is 0 Å². The molecule has 2 N–H and O–H groups in total. The van der Waals surface area contributed by atoms with E-state index >= 15 is 0 Å². The number of benzene rings is 1. The zero-order valence-electron chi connectivity index (χ0n) is 13.9. The zero-order chi connectivity index (χ0) is 18.4. The average Bonchev–Trinajstić information content (AvgIpc) is 3.11. The number of aromatic nitrogens is 2. The third-order valence-corrected chi connectivity index (χ3v) is 4.58. The van der Waals surface area contributed by atoms with Crippen molar-refractivity contribution in [3.63, 3.8) is 0 Å². The molecule has 2 aromatic rings. The van der Waals surface area contributed by atoms with Gasteiger partial charge in [0.1, 0.15) is 5.82 Å². The number of nitrogens with zero attached hydrogens (tertiary/aromatic N) is 3. The summed E-state index contributed by atoms with van der Waals surface area (Å²) in [5.74, 6) is -2.18. The monoisotopic (exact) mass is 347 g/mol. The Morgan fingerprint density at radius 2 is 2.08 bits per heavy atom. The minimum atomic E-state index is -0.999. The highest BCUT2D eigenvalue weighted by atomic mass is 19.1. The Hall–Kier alpha value is -2.90. The van der Waals surface area contributed by atoms with Crippen LogP contribution in [0.25, 0.3) is 5.69 Å². The molecule has 3 rings (SSSR count). The molecular weight excluding hydrogens is 329 g/mol. The summed E-state index contributed by atoms with van der Waals surface area (Å²) in [6.07, 6.45) is 1.62. The third kappa shape index (κ3) is 2.95. The number of aromatic hydroxyl groups is 1. The van der Waals surface area contributed by atoms with Crippen molar-refractivity contribution in [3.05, 3.63) is 41.5 Å². The van der Waals surface area contributed by atoms with E-state index in [9.17, 15) is 24.2 Å². The number of carbonyl (C=O) groups is 2. The van der Waals surface area contributed by atoms with Gasteiger partial charge in [0.25, 0.3) is 5.91 Å². The fourth-order valence-corrected chi connectivity index (χ4v) is 2.98. The first kappa shape index (κ1) is 16.9. The minimum absolute atomic E-state index is 0.0586. The molecule has 1 atom stereocenters. The van der Waals surface area contributed by atoms with Gasteiger partial charge in [-0.2, -0.15) is 5.10 Å². The summed E-state index contributed by atoms with van der Waals surface area (Å²) < 4.78 is 14.5. The van der Waals surface area contributed by atoms with Gasteiger partial charge in [-0.3, -0.25) is 9.59 Å². The highest BCUT2D eigenvalue weighted by molar-refractivity contribution is 5.95. The van der Waals surface area contributed by atoms with Crippen LogP contribution in [-0.4, -0.2) is 49.9 Å². The molecular formula is C17H18FN3O4. The molecule has 1 aromatic carbocycles. The summed E-state index contributed by atoms with van der Waals surface area (Å²) in [5.41, 5.74) is -0.0199. The molecule has 1 fully saturated rings. The van der Waals surface area contributed by atoms with Crippen molar-refractivity contribution in [2.24, 2.45) is 5.41 Å². The molecule has 1 saturated heterocycles. The lowest BCUT2D eigenvalue weighted by Gasteiger charge is -2.19. The zero-order valence-corrected chi connectivity index (χ0v) is 13.9. The standard InChI is InChI=1S/C17H18FN3O4/c1-10-7-11(18)3-4-12(10)21-8-13(22)14(19-21)15(23)20-6-5-17(2,9-20)16(24)25/h3-4,7-8,22H,5-6,9H2,1-2H3,(H,24,25). The lowest BCUT2D eigenvalue weighted by molar-refractivity contribution is -0.147. The molecule has 1 aromatic heterocycles. The second-order valence-corrected chi connectivity index (χ2v) is 6.58. The van der Waals surface area contributed by atoms with Gasteiger partial charge in [0.15, 0.2) is 11.4 Å². The van der Waals surface area contributed by atoms with Crippen molar-refractivity contribution in [1.29, 1.82) is 0 Å². The van der Waals surface area contributed by atoms with Gasteiger partial charge in [-0.05, 0) is 44.0 Å². The maximum atomic E-state index is 13.2. The Labute approximate surface area is 143 Å². The molecule has 7 nitrogen and oxygen atoms in total.